The van der Waals surface area contributed by atoms with Crippen molar-refractivity contribution in [3.8, 4) is 27.9 Å². The third kappa shape index (κ3) is 5.54. The van der Waals surface area contributed by atoms with Gasteiger partial charge in [-0.25, -0.2) is 0 Å². The molecule has 68 heavy (non-hydrogen) atoms. The normalized spacial score (nSPS) is 12.8. The van der Waals surface area contributed by atoms with Crippen LogP contribution in [0.5, 0.6) is 0 Å². The summed E-state index contributed by atoms with van der Waals surface area (Å²) in [6.07, 6.45) is 0. The molecule has 0 radical (unpaired) electrons. The van der Waals surface area contributed by atoms with Crippen molar-refractivity contribution in [1.29, 1.82) is 0 Å². The Morgan fingerprint density at radius 2 is 1.00 bits per heavy atom. The average Bonchev–Trinajstić information content (AvgIpc) is 4.07. The van der Waals surface area contributed by atoms with Crippen molar-refractivity contribution in [3.63, 3.8) is 0 Å². The van der Waals surface area contributed by atoms with E-state index in [1.807, 2.05) is 0 Å². The molecule has 13 aromatic rings. The zero-order chi connectivity index (χ0) is 44.8. The van der Waals surface area contributed by atoms with Crippen LogP contribution in [0.15, 0.2) is 259 Å². The van der Waals surface area contributed by atoms with Crippen molar-refractivity contribution in [1.82, 2.24) is 4.57 Å². The fourth-order valence-electron chi connectivity index (χ4n) is 11.6. The smallest absolute Gasteiger partial charge is 0.145 e. The summed E-state index contributed by atoms with van der Waals surface area (Å²) in [5.41, 5.74) is 17.8. The molecule has 1 aliphatic carbocycles. The van der Waals surface area contributed by atoms with Gasteiger partial charge in [0.25, 0.3) is 0 Å². The Bertz CT molecular complexity index is 4030. The maximum Gasteiger partial charge on any atom is 0.145 e. The highest BCUT2D eigenvalue weighted by atomic mass is 16.3. The van der Waals surface area contributed by atoms with E-state index in [2.05, 4.69) is 264 Å². The molecule has 318 valence electrons. The highest BCUT2D eigenvalue weighted by molar-refractivity contribution is 6.22. The van der Waals surface area contributed by atoms with Crippen molar-refractivity contribution in [2.24, 2.45) is 0 Å². The van der Waals surface area contributed by atoms with Crippen LogP contribution in [0.1, 0.15) is 22.3 Å². The van der Waals surface area contributed by atoms with Crippen molar-refractivity contribution in [2.45, 2.75) is 5.41 Å². The molecule has 0 amide bonds. The lowest BCUT2D eigenvalue weighted by Gasteiger charge is -2.34. The van der Waals surface area contributed by atoms with Crippen LogP contribution in [0.2, 0.25) is 0 Å². The zero-order valence-electron chi connectivity index (χ0n) is 37.1. The quantitative estimate of drug-likeness (QED) is 0.159. The van der Waals surface area contributed by atoms with Crippen molar-refractivity contribution in [2.75, 3.05) is 4.90 Å². The fourth-order valence-corrected chi connectivity index (χ4v) is 11.6. The van der Waals surface area contributed by atoms with Gasteiger partial charge in [-0.3, -0.25) is 0 Å². The number of furan rings is 1. The van der Waals surface area contributed by atoms with Gasteiger partial charge in [-0.15, -0.1) is 0 Å². The molecule has 2 aromatic heterocycles. The van der Waals surface area contributed by atoms with Crippen molar-refractivity contribution < 1.29 is 4.42 Å². The van der Waals surface area contributed by atoms with E-state index >= 15 is 0 Å². The highest BCUT2D eigenvalue weighted by Gasteiger charge is 2.47. The van der Waals surface area contributed by atoms with E-state index in [9.17, 15) is 0 Å². The minimum absolute atomic E-state index is 0.552. The van der Waals surface area contributed by atoms with Gasteiger partial charge in [0, 0.05) is 38.5 Å². The molecule has 14 rings (SSSR count). The van der Waals surface area contributed by atoms with Gasteiger partial charge in [-0.05, 0) is 105 Å². The van der Waals surface area contributed by atoms with Crippen LogP contribution in [0.3, 0.4) is 0 Å². The summed E-state index contributed by atoms with van der Waals surface area (Å²) >= 11 is 0. The van der Waals surface area contributed by atoms with Gasteiger partial charge in [-0.2, -0.15) is 0 Å². The second-order valence-electron chi connectivity index (χ2n) is 17.9. The first-order valence-corrected chi connectivity index (χ1v) is 23.4. The number of para-hydroxylation sites is 3. The molecule has 2 heterocycles. The van der Waals surface area contributed by atoms with E-state index in [-0.39, 0.29) is 0 Å². The number of aromatic nitrogens is 1. The number of anilines is 3. The van der Waals surface area contributed by atoms with E-state index in [4.69, 9.17) is 4.42 Å². The molecule has 0 saturated carbocycles. The average molecular weight is 867 g/mol. The van der Waals surface area contributed by atoms with Crippen LogP contribution in [-0.2, 0) is 5.41 Å². The molecule has 0 N–H and O–H groups in total. The van der Waals surface area contributed by atoms with Gasteiger partial charge >= 0.3 is 0 Å². The topological polar surface area (TPSA) is 21.3 Å². The van der Waals surface area contributed by atoms with Crippen LogP contribution in [0.4, 0.5) is 17.1 Å². The number of rotatable bonds is 7. The summed E-state index contributed by atoms with van der Waals surface area (Å²) in [5, 5.41) is 6.86. The Morgan fingerprint density at radius 1 is 0.397 bits per heavy atom. The summed E-state index contributed by atoms with van der Waals surface area (Å²) in [6, 6.07) is 93.1. The van der Waals surface area contributed by atoms with E-state index in [0.29, 0.717) is 0 Å². The van der Waals surface area contributed by atoms with Crippen LogP contribution < -0.4 is 4.90 Å². The van der Waals surface area contributed by atoms with E-state index < -0.39 is 5.41 Å². The third-order valence-corrected chi connectivity index (χ3v) is 14.4. The lowest BCUT2D eigenvalue weighted by molar-refractivity contribution is 0.672. The number of hydrogen-bond donors (Lipinski definition) is 0. The second kappa shape index (κ2) is 15.1. The lowest BCUT2D eigenvalue weighted by Crippen LogP contribution is -2.28. The number of nitrogens with zero attached hydrogens (tertiary/aromatic N) is 2. The Morgan fingerprint density at radius 3 is 1.78 bits per heavy atom. The summed E-state index contributed by atoms with van der Waals surface area (Å²) in [7, 11) is 0. The molecule has 0 unspecified atom stereocenters. The van der Waals surface area contributed by atoms with Gasteiger partial charge in [0.15, 0.2) is 0 Å². The summed E-state index contributed by atoms with van der Waals surface area (Å²) in [5.74, 6) is 0. The predicted molar refractivity (Wildman–Crippen MR) is 283 cm³/mol. The molecular weight excluding hydrogens is 825 g/mol. The molecule has 1 aliphatic rings. The van der Waals surface area contributed by atoms with Crippen molar-refractivity contribution in [3.05, 3.63) is 277 Å². The first kappa shape index (κ1) is 38.4. The molecule has 3 nitrogen and oxygen atoms in total. The van der Waals surface area contributed by atoms with Gasteiger partial charge in [0.1, 0.15) is 11.2 Å². The largest absolute Gasteiger partial charge is 0.455 e. The first-order valence-electron chi connectivity index (χ1n) is 23.4. The van der Waals surface area contributed by atoms with Gasteiger partial charge in [0.2, 0.25) is 0 Å². The minimum atomic E-state index is -0.552. The summed E-state index contributed by atoms with van der Waals surface area (Å²) < 4.78 is 9.25. The van der Waals surface area contributed by atoms with Crippen LogP contribution >= 0.6 is 0 Å². The molecule has 11 aromatic carbocycles. The highest BCUT2D eigenvalue weighted by Crippen LogP contribution is 2.60. The third-order valence-electron chi connectivity index (χ3n) is 14.4. The molecule has 0 atom stereocenters. The maximum absolute atomic E-state index is 6.87. The predicted octanol–water partition coefficient (Wildman–Crippen LogP) is 17.3. The summed E-state index contributed by atoms with van der Waals surface area (Å²) in [6.45, 7) is 0. The standard InChI is InChI=1S/C65H42N2O/c1-4-20-46(21-5-1)65(47-22-6-2-7-23-47)55-30-15-12-28-52(55)62-56(65)31-18-33-59(62)67(60-42-45-19-10-11-26-50(45)64-63(60)53-29-14-17-34-61(53)68-64)49-38-35-43(36-39-49)44-37-40-58-54(41-44)51-27-13-16-32-57(51)66(58)48-24-8-3-9-25-48/h1-42H. The second-order valence-corrected chi connectivity index (χ2v) is 17.9. The Kier molecular flexibility index (Phi) is 8.50. The minimum Gasteiger partial charge on any atom is -0.455 e. The first-order chi connectivity index (χ1) is 33.8. The summed E-state index contributed by atoms with van der Waals surface area (Å²) in [4.78, 5) is 2.50. The molecule has 0 spiro atoms. The number of hydrogen-bond acceptors (Lipinski definition) is 2. The Labute approximate surface area is 394 Å². The van der Waals surface area contributed by atoms with Crippen LogP contribution in [0.25, 0.3) is 82.5 Å². The van der Waals surface area contributed by atoms with Gasteiger partial charge < -0.3 is 13.9 Å². The molecule has 0 saturated heterocycles. The maximum atomic E-state index is 6.87. The fraction of sp³-hybridized carbons (Fsp3) is 0.0154. The van der Waals surface area contributed by atoms with E-state index in [1.165, 1.54) is 60.8 Å². The number of fused-ring (bicyclic) bond motifs is 11. The zero-order valence-corrected chi connectivity index (χ0v) is 37.1. The number of benzene rings is 11. The molecule has 0 fully saturated rings. The monoisotopic (exact) mass is 866 g/mol. The molecule has 0 bridgehead atoms. The molecule has 3 heteroatoms. The van der Waals surface area contributed by atoms with E-state index in [0.717, 1.165) is 61.0 Å². The molecular formula is C65H42N2O. The SMILES string of the molecule is c1ccc(-n2c3ccccc3c3cc(-c4ccc(N(c5cccc6c5-c5ccccc5C6(c5ccccc5)c5ccccc5)c5cc6ccccc6c6oc7ccccc7c56)cc4)ccc32)cc1. The van der Waals surface area contributed by atoms with Crippen LogP contribution in [-0.4, -0.2) is 4.57 Å². The lowest BCUT2D eigenvalue weighted by atomic mass is 9.68. The van der Waals surface area contributed by atoms with Gasteiger partial charge in [0.05, 0.1) is 33.2 Å². The molecule has 0 aliphatic heterocycles. The Balaban J connectivity index is 1.03. The van der Waals surface area contributed by atoms with Crippen LogP contribution in [0, 0.1) is 0 Å². The Hall–Kier alpha value is -8.92. The van der Waals surface area contributed by atoms with E-state index in [1.54, 1.807) is 0 Å². The van der Waals surface area contributed by atoms with Gasteiger partial charge in [-0.1, -0.05) is 194 Å². The van der Waals surface area contributed by atoms with Crippen molar-refractivity contribution >= 4 is 71.6 Å².